The lowest BCUT2D eigenvalue weighted by molar-refractivity contribution is 0.387. The van der Waals surface area contributed by atoms with Crippen molar-refractivity contribution in [2.24, 2.45) is 0 Å². The molecule has 9 heteroatoms. The van der Waals surface area contributed by atoms with Gasteiger partial charge in [-0.2, -0.15) is 0 Å². The third-order valence-electron chi connectivity index (χ3n) is 5.30. The molecule has 1 fully saturated rings. The van der Waals surface area contributed by atoms with Gasteiger partial charge < -0.3 is 5.32 Å². The number of anilines is 1. The number of nitrogens with one attached hydrogen (secondary N) is 2. The van der Waals surface area contributed by atoms with Crippen LogP contribution in [0, 0.1) is 5.82 Å². The molecule has 2 aromatic carbocycles. The Morgan fingerprint density at radius 1 is 0.933 bits per heavy atom. The molecule has 1 aliphatic rings. The summed E-state index contributed by atoms with van der Waals surface area (Å²) in [6.45, 7) is 0. The maximum atomic E-state index is 14.0. The Morgan fingerprint density at radius 3 is 2.33 bits per heavy atom. The molecule has 1 aromatic heterocycles. The SMILES string of the molecule is O=S(=O)(NC1CCC(Nc2ccnc3cc(Cl)ccc23)CC1)c1ccc(Cl)cc1F. The molecule has 0 bridgehead atoms. The Kier molecular flexibility index (Phi) is 6.16. The fourth-order valence-corrected chi connectivity index (χ4v) is 5.49. The van der Waals surface area contributed by atoms with Gasteiger partial charge in [-0.05, 0) is 68.1 Å². The van der Waals surface area contributed by atoms with E-state index in [0.717, 1.165) is 35.5 Å². The lowest BCUT2D eigenvalue weighted by Gasteiger charge is -2.30. The van der Waals surface area contributed by atoms with Crippen molar-refractivity contribution >= 4 is 49.8 Å². The van der Waals surface area contributed by atoms with Crippen LogP contribution in [0.4, 0.5) is 10.1 Å². The summed E-state index contributed by atoms with van der Waals surface area (Å²) in [6, 6.07) is 11.0. The molecule has 0 aliphatic heterocycles. The summed E-state index contributed by atoms with van der Waals surface area (Å²) in [6.07, 6.45) is 4.62. The van der Waals surface area contributed by atoms with Gasteiger partial charge in [0.15, 0.2) is 0 Å². The number of fused-ring (bicyclic) bond motifs is 1. The van der Waals surface area contributed by atoms with Crippen LogP contribution < -0.4 is 10.0 Å². The van der Waals surface area contributed by atoms with Crippen molar-refractivity contribution in [3.8, 4) is 0 Å². The maximum absolute atomic E-state index is 14.0. The van der Waals surface area contributed by atoms with E-state index in [1.165, 1.54) is 12.1 Å². The van der Waals surface area contributed by atoms with Crippen molar-refractivity contribution in [3.63, 3.8) is 0 Å². The standard InChI is InChI=1S/C21H20Cl2FN3O2S/c22-13-2-8-21(18(24)11-13)30(28,29)27-16-5-3-15(4-6-16)26-19-9-10-25-20-12-14(23)1-7-17(19)20/h1-2,7-12,15-16,27H,3-6H2,(H,25,26). The van der Waals surface area contributed by atoms with Gasteiger partial charge >= 0.3 is 0 Å². The Labute approximate surface area is 184 Å². The molecule has 2 N–H and O–H groups in total. The predicted molar refractivity (Wildman–Crippen MR) is 118 cm³/mol. The van der Waals surface area contributed by atoms with Crippen molar-refractivity contribution in [1.82, 2.24) is 9.71 Å². The van der Waals surface area contributed by atoms with Crippen molar-refractivity contribution in [1.29, 1.82) is 0 Å². The lowest BCUT2D eigenvalue weighted by Crippen LogP contribution is -2.40. The van der Waals surface area contributed by atoms with Crippen LogP contribution >= 0.6 is 23.2 Å². The minimum Gasteiger partial charge on any atom is -0.382 e. The number of nitrogens with zero attached hydrogens (tertiary/aromatic N) is 1. The maximum Gasteiger partial charge on any atom is 0.243 e. The smallest absolute Gasteiger partial charge is 0.243 e. The lowest BCUT2D eigenvalue weighted by atomic mass is 9.91. The fourth-order valence-electron chi connectivity index (χ4n) is 3.80. The Bertz CT molecular complexity index is 1180. The molecule has 30 heavy (non-hydrogen) atoms. The molecule has 0 atom stereocenters. The van der Waals surface area contributed by atoms with Gasteiger partial charge in [0.2, 0.25) is 10.0 Å². The normalized spacial score (nSPS) is 19.7. The van der Waals surface area contributed by atoms with Gasteiger partial charge in [-0.25, -0.2) is 17.5 Å². The fraction of sp³-hybridized carbons (Fsp3) is 0.286. The van der Waals surface area contributed by atoms with E-state index in [-0.39, 0.29) is 22.0 Å². The summed E-state index contributed by atoms with van der Waals surface area (Å²) < 4.78 is 41.8. The number of pyridine rings is 1. The minimum absolute atomic E-state index is 0.156. The van der Waals surface area contributed by atoms with Crippen LogP contribution in [0.25, 0.3) is 10.9 Å². The first-order chi connectivity index (χ1) is 14.3. The number of sulfonamides is 1. The molecule has 0 spiro atoms. The Balaban J connectivity index is 1.40. The number of rotatable bonds is 5. The second kappa shape index (κ2) is 8.67. The van der Waals surface area contributed by atoms with E-state index >= 15 is 0 Å². The van der Waals surface area contributed by atoms with Crippen LogP contribution in [0.5, 0.6) is 0 Å². The predicted octanol–water partition coefficient (Wildman–Crippen LogP) is 5.38. The first-order valence-electron chi connectivity index (χ1n) is 9.60. The van der Waals surface area contributed by atoms with Crippen LogP contribution in [-0.4, -0.2) is 25.5 Å². The van der Waals surface area contributed by atoms with Crippen LogP contribution in [-0.2, 0) is 10.0 Å². The molecule has 158 valence electrons. The summed E-state index contributed by atoms with van der Waals surface area (Å²) in [5.74, 6) is -0.852. The summed E-state index contributed by atoms with van der Waals surface area (Å²) in [5.41, 5.74) is 1.79. The van der Waals surface area contributed by atoms with E-state index in [9.17, 15) is 12.8 Å². The zero-order chi connectivity index (χ0) is 21.3. The Hall–Kier alpha value is -1.93. The third kappa shape index (κ3) is 4.70. The third-order valence-corrected chi connectivity index (χ3v) is 7.32. The largest absolute Gasteiger partial charge is 0.382 e. The molecule has 1 aliphatic carbocycles. The molecular weight excluding hydrogens is 448 g/mol. The van der Waals surface area contributed by atoms with Crippen molar-refractivity contribution in [2.45, 2.75) is 42.7 Å². The number of hydrogen-bond donors (Lipinski definition) is 2. The van der Waals surface area contributed by atoms with E-state index < -0.39 is 15.8 Å². The van der Waals surface area contributed by atoms with E-state index in [1.807, 2.05) is 24.3 Å². The topological polar surface area (TPSA) is 71.1 Å². The molecule has 0 unspecified atom stereocenters. The molecule has 1 heterocycles. The summed E-state index contributed by atoms with van der Waals surface area (Å²) in [5, 5.41) is 5.32. The van der Waals surface area contributed by atoms with E-state index in [2.05, 4.69) is 15.0 Å². The van der Waals surface area contributed by atoms with E-state index in [4.69, 9.17) is 23.2 Å². The van der Waals surface area contributed by atoms with Gasteiger partial charge in [-0.15, -0.1) is 0 Å². The van der Waals surface area contributed by atoms with Gasteiger partial charge in [-0.3, -0.25) is 4.98 Å². The zero-order valence-corrected chi connectivity index (χ0v) is 18.2. The first kappa shape index (κ1) is 21.3. The highest BCUT2D eigenvalue weighted by Gasteiger charge is 2.27. The minimum atomic E-state index is -3.94. The monoisotopic (exact) mass is 467 g/mol. The van der Waals surface area contributed by atoms with Gasteiger partial charge in [0.05, 0.1) is 5.52 Å². The van der Waals surface area contributed by atoms with Crippen molar-refractivity contribution < 1.29 is 12.8 Å². The summed E-state index contributed by atoms with van der Waals surface area (Å²) in [7, 11) is -3.94. The molecule has 1 saturated carbocycles. The number of aromatic nitrogens is 1. The van der Waals surface area contributed by atoms with Gasteiger partial charge in [0.1, 0.15) is 10.7 Å². The summed E-state index contributed by atoms with van der Waals surface area (Å²) >= 11 is 11.8. The second-order valence-corrected chi connectivity index (χ2v) is 9.96. The average molecular weight is 468 g/mol. The van der Waals surface area contributed by atoms with Crippen LogP contribution in [0.1, 0.15) is 25.7 Å². The second-order valence-electron chi connectivity index (χ2n) is 7.41. The highest BCUT2D eigenvalue weighted by Crippen LogP contribution is 2.29. The molecule has 0 amide bonds. The molecule has 0 saturated heterocycles. The van der Waals surface area contributed by atoms with E-state index in [1.54, 1.807) is 6.20 Å². The molecular formula is C21H20Cl2FN3O2S. The van der Waals surface area contributed by atoms with Crippen molar-refractivity contribution in [2.75, 3.05) is 5.32 Å². The number of benzene rings is 2. The Morgan fingerprint density at radius 2 is 1.60 bits per heavy atom. The summed E-state index contributed by atoms with van der Waals surface area (Å²) in [4.78, 5) is 3.97. The number of hydrogen-bond acceptors (Lipinski definition) is 4. The van der Waals surface area contributed by atoms with Crippen LogP contribution in [0.3, 0.4) is 0 Å². The average Bonchev–Trinajstić information content (AvgIpc) is 2.69. The quantitative estimate of drug-likeness (QED) is 0.528. The van der Waals surface area contributed by atoms with Gasteiger partial charge in [0, 0.05) is 39.4 Å². The molecule has 0 radical (unpaired) electrons. The van der Waals surface area contributed by atoms with Crippen LogP contribution in [0.15, 0.2) is 53.6 Å². The highest BCUT2D eigenvalue weighted by molar-refractivity contribution is 7.89. The molecule has 4 rings (SSSR count). The highest BCUT2D eigenvalue weighted by atomic mass is 35.5. The van der Waals surface area contributed by atoms with Gasteiger partial charge in [0.25, 0.3) is 0 Å². The molecule has 3 aromatic rings. The van der Waals surface area contributed by atoms with Crippen LogP contribution in [0.2, 0.25) is 10.0 Å². The number of halogens is 3. The molecule has 5 nitrogen and oxygen atoms in total. The van der Waals surface area contributed by atoms with E-state index in [0.29, 0.717) is 17.9 Å². The first-order valence-corrected chi connectivity index (χ1v) is 11.8. The zero-order valence-electron chi connectivity index (χ0n) is 15.9. The van der Waals surface area contributed by atoms with Gasteiger partial charge in [-0.1, -0.05) is 23.2 Å². The van der Waals surface area contributed by atoms with Crippen molar-refractivity contribution in [3.05, 3.63) is 64.5 Å².